The van der Waals surface area contributed by atoms with Gasteiger partial charge in [-0.25, -0.2) is 5.01 Å². The molecule has 0 spiro atoms. The molecular formula is C24H22F3N3. The fourth-order valence-corrected chi connectivity index (χ4v) is 4.09. The fraction of sp³-hybridized carbons (Fsp3) is 0.292. The summed E-state index contributed by atoms with van der Waals surface area (Å²) in [5.74, 6) is 0. The summed E-state index contributed by atoms with van der Waals surface area (Å²) in [7, 11) is 0. The van der Waals surface area contributed by atoms with Crippen LogP contribution < -0.4 is 5.01 Å². The lowest BCUT2D eigenvalue weighted by atomic mass is 10.0. The molecule has 0 aromatic heterocycles. The topological polar surface area (TPSA) is 30.3 Å². The summed E-state index contributed by atoms with van der Waals surface area (Å²) in [6, 6.07) is 19.4. The molecule has 0 aliphatic carbocycles. The van der Waals surface area contributed by atoms with Crippen molar-refractivity contribution in [2.45, 2.75) is 32.0 Å². The van der Waals surface area contributed by atoms with E-state index in [0.29, 0.717) is 17.7 Å². The maximum atomic E-state index is 13.1. The molecule has 0 bridgehead atoms. The Kier molecular flexibility index (Phi) is 5.65. The molecule has 3 aromatic carbocycles. The van der Waals surface area contributed by atoms with E-state index in [0.717, 1.165) is 54.9 Å². The quantitative estimate of drug-likeness (QED) is 0.521. The summed E-state index contributed by atoms with van der Waals surface area (Å²) >= 11 is 0. The first kappa shape index (κ1) is 20.2. The lowest BCUT2D eigenvalue weighted by molar-refractivity contribution is -0.137. The molecule has 0 radical (unpaired) electrons. The minimum absolute atomic E-state index is 0.401. The Hall–Kier alpha value is -3.04. The molecule has 154 valence electrons. The fourth-order valence-electron chi connectivity index (χ4n) is 4.09. The van der Waals surface area contributed by atoms with Crippen LogP contribution in [0.4, 0.5) is 18.9 Å². The van der Waals surface area contributed by atoms with E-state index in [4.69, 9.17) is 0 Å². The van der Waals surface area contributed by atoms with Crippen LogP contribution in [0.15, 0.2) is 60.7 Å². The van der Waals surface area contributed by atoms with Gasteiger partial charge in [0.2, 0.25) is 0 Å². The summed E-state index contributed by atoms with van der Waals surface area (Å²) in [6.07, 6.45) is -1.28. The Balaban J connectivity index is 1.72. The smallest absolute Gasteiger partial charge is 0.305 e. The number of fused-ring (bicyclic) bond motifs is 1. The Morgan fingerprint density at radius 2 is 1.63 bits per heavy atom. The monoisotopic (exact) mass is 409 g/mol. The Bertz CT molecular complexity index is 1080. The lowest BCUT2D eigenvalue weighted by Crippen LogP contribution is -2.42. The van der Waals surface area contributed by atoms with E-state index >= 15 is 0 Å². The molecule has 0 amide bonds. The van der Waals surface area contributed by atoms with Gasteiger partial charge in [0.25, 0.3) is 0 Å². The van der Waals surface area contributed by atoms with E-state index in [2.05, 4.69) is 16.1 Å². The summed E-state index contributed by atoms with van der Waals surface area (Å²) in [5.41, 5.74) is 1.62. The maximum Gasteiger partial charge on any atom is 0.416 e. The SMILES string of the molecule is N#Cc1ccc(N2CCCCCN2Cc2cccc(C(F)(F)F)c2)c2ccccc12. The van der Waals surface area contributed by atoms with Crippen molar-refractivity contribution < 1.29 is 13.2 Å². The molecule has 0 saturated carbocycles. The van der Waals surface area contributed by atoms with Crippen LogP contribution in [-0.4, -0.2) is 18.1 Å². The summed E-state index contributed by atoms with van der Waals surface area (Å²) in [5, 5.41) is 15.6. The molecule has 1 aliphatic rings. The van der Waals surface area contributed by atoms with Crippen LogP contribution in [-0.2, 0) is 12.7 Å². The normalized spacial score (nSPS) is 15.7. The van der Waals surface area contributed by atoms with E-state index in [1.165, 1.54) is 12.1 Å². The first-order chi connectivity index (χ1) is 14.5. The molecule has 30 heavy (non-hydrogen) atoms. The highest BCUT2D eigenvalue weighted by Gasteiger charge is 2.30. The van der Waals surface area contributed by atoms with E-state index in [1.54, 1.807) is 6.07 Å². The third-order valence-electron chi connectivity index (χ3n) is 5.55. The van der Waals surface area contributed by atoms with Gasteiger partial charge in [-0.3, -0.25) is 0 Å². The standard InChI is InChI=1S/C24H22F3N3/c25-24(26,27)20-8-6-7-18(15-20)17-29-13-4-1-5-14-30(29)23-12-11-19(16-28)21-9-2-3-10-22(21)23/h2-3,6-12,15H,1,4-5,13-14,17H2. The highest BCUT2D eigenvalue weighted by molar-refractivity contribution is 5.97. The van der Waals surface area contributed by atoms with Crippen LogP contribution in [0.3, 0.4) is 0 Å². The highest BCUT2D eigenvalue weighted by atomic mass is 19.4. The minimum Gasteiger partial charge on any atom is -0.305 e. The number of hydrogen-bond donors (Lipinski definition) is 0. The second kappa shape index (κ2) is 8.37. The zero-order valence-electron chi connectivity index (χ0n) is 16.5. The van der Waals surface area contributed by atoms with Crippen molar-refractivity contribution in [3.05, 3.63) is 77.4 Å². The average Bonchev–Trinajstić information content (AvgIpc) is 2.98. The van der Waals surface area contributed by atoms with Gasteiger partial charge in [0.15, 0.2) is 0 Å². The van der Waals surface area contributed by atoms with Crippen molar-refractivity contribution in [2.75, 3.05) is 18.1 Å². The average molecular weight is 409 g/mol. The third-order valence-corrected chi connectivity index (χ3v) is 5.55. The molecule has 1 heterocycles. The van der Waals surface area contributed by atoms with Crippen LogP contribution in [0, 0.1) is 11.3 Å². The molecule has 1 fully saturated rings. The van der Waals surface area contributed by atoms with Crippen molar-refractivity contribution in [3.63, 3.8) is 0 Å². The number of anilines is 1. The van der Waals surface area contributed by atoms with Gasteiger partial charge >= 0.3 is 6.18 Å². The van der Waals surface area contributed by atoms with E-state index < -0.39 is 11.7 Å². The van der Waals surface area contributed by atoms with Gasteiger partial charge < -0.3 is 5.01 Å². The third kappa shape index (κ3) is 4.12. The molecule has 4 rings (SSSR count). The molecule has 0 atom stereocenters. The van der Waals surface area contributed by atoms with Gasteiger partial charge in [0, 0.05) is 30.4 Å². The number of alkyl halides is 3. The van der Waals surface area contributed by atoms with Crippen LogP contribution in [0.2, 0.25) is 0 Å². The first-order valence-corrected chi connectivity index (χ1v) is 10.1. The zero-order valence-corrected chi connectivity index (χ0v) is 16.5. The number of hydrazine groups is 1. The summed E-state index contributed by atoms with van der Waals surface area (Å²) < 4.78 is 39.4. The van der Waals surface area contributed by atoms with Gasteiger partial charge in [-0.2, -0.15) is 18.4 Å². The zero-order chi connectivity index (χ0) is 21.1. The minimum atomic E-state index is -4.35. The van der Waals surface area contributed by atoms with Crippen LogP contribution in [0.25, 0.3) is 10.8 Å². The molecule has 3 aromatic rings. The van der Waals surface area contributed by atoms with Crippen molar-refractivity contribution in [2.24, 2.45) is 0 Å². The van der Waals surface area contributed by atoms with E-state index in [9.17, 15) is 18.4 Å². The molecule has 3 nitrogen and oxygen atoms in total. The van der Waals surface area contributed by atoms with Crippen LogP contribution in [0.1, 0.15) is 36.0 Å². The lowest BCUT2D eigenvalue weighted by Gasteiger charge is -2.36. The van der Waals surface area contributed by atoms with Gasteiger partial charge in [0.1, 0.15) is 0 Å². The molecule has 1 aliphatic heterocycles. The predicted octanol–water partition coefficient (Wildman–Crippen LogP) is 6.14. The second-order valence-corrected chi connectivity index (χ2v) is 7.56. The Labute approximate surface area is 173 Å². The Morgan fingerprint density at radius 3 is 2.40 bits per heavy atom. The molecule has 6 heteroatoms. The molecule has 1 saturated heterocycles. The molecule has 0 N–H and O–H groups in total. The summed E-state index contributed by atoms with van der Waals surface area (Å²) in [6.45, 7) is 1.96. The number of nitrogens with zero attached hydrogens (tertiary/aromatic N) is 3. The van der Waals surface area contributed by atoms with Crippen molar-refractivity contribution in [1.82, 2.24) is 5.01 Å². The summed E-state index contributed by atoms with van der Waals surface area (Å²) in [4.78, 5) is 0. The predicted molar refractivity (Wildman–Crippen MR) is 112 cm³/mol. The number of halogens is 3. The van der Waals surface area contributed by atoms with Gasteiger partial charge in [-0.05, 0) is 36.6 Å². The van der Waals surface area contributed by atoms with Crippen LogP contribution in [0.5, 0.6) is 0 Å². The molecular weight excluding hydrogens is 387 g/mol. The number of rotatable bonds is 3. The second-order valence-electron chi connectivity index (χ2n) is 7.56. The largest absolute Gasteiger partial charge is 0.416 e. The van der Waals surface area contributed by atoms with Crippen molar-refractivity contribution in [3.8, 4) is 6.07 Å². The number of hydrogen-bond acceptors (Lipinski definition) is 3. The number of benzene rings is 3. The van der Waals surface area contributed by atoms with E-state index in [-0.39, 0.29) is 0 Å². The number of nitriles is 1. The van der Waals surface area contributed by atoms with Crippen LogP contribution >= 0.6 is 0 Å². The maximum absolute atomic E-state index is 13.1. The Morgan fingerprint density at radius 1 is 0.867 bits per heavy atom. The van der Waals surface area contributed by atoms with Gasteiger partial charge in [-0.15, -0.1) is 0 Å². The highest BCUT2D eigenvalue weighted by Crippen LogP contribution is 2.33. The van der Waals surface area contributed by atoms with E-state index in [1.807, 2.05) is 36.4 Å². The van der Waals surface area contributed by atoms with Gasteiger partial charge in [-0.1, -0.05) is 48.9 Å². The van der Waals surface area contributed by atoms with Crippen molar-refractivity contribution >= 4 is 16.5 Å². The van der Waals surface area contributed by atoms with Crippen molar-refractivity contribution in [1.29, 1.82) is 5.26 Å². The molecule has 0 unspecified atom stereocenters. The van der Waals surface area contributed by atoms with Gasteiger partial charge in [0.05, 0.1) is 22.9 Å². The first-order valence-electron chi connectivity index (χ1n) is 10.1.